The zero-order chi connectivity index (χ0) is 12.1. The van der Waals surface area contributed by atoms with E-state index in [0.717, 1.165) is 14.2 Å². The number of para-hydroxylation sites is 1. The van der Waals surface area contributed by atoms with Crippen LogP contribution in [-0.4, -0.2) is 31.3 Å². The van der Waals surface area contributed by atoms with Crippen LogP contribution in [0.4, 0.5) is 0 Å². The van der Waals surface area contributed by atoms with Gasteiger partial charge in [-0.2, -0.15) is 0 Å². The van der Waals surface area contributed by atoms with E-state index < -0.39 is 17.9 Å². The number of methoxy groups -OCH3 is 2. The van der Waals surface area contributed by atoms with Crippen molar-refractivity contribution >= 4 is 11.9 Å². The second-order valence-corrected chi connectivity index (χ2v) is 3.04. The van der Waals surface area contributed by atoms with E-state index in [1.807, 2.05) is 0 Å². The van der Waals surface area contributed by atoms with Gasteiger partial charge in [0, 0.05) is 5.56 Å². The minimum absolute atomic E-state index is 0.150. The van der Waals surface area contributed by atoms with Crippen LogP contribution in [0.3, 0.4) is 0 Å². The highest BCUT2D eigenvalue weighted by atomic mass is 16.5. The third-order valence-corrected chi connectivity index (χ3v) is 2.12. The summed E-state index contributed by atoms with van der Waals surface area (Å²) in [5.74, 6) is -2.94. The van der Waals surface area contributed by atoms with Crippen molar-refractivity contribution < 1.29 is 24.2 Å². The molecule has 0 unspecified atom stereocenters. The molecule has 1 N–H and O–H groups in total. The second-order valence-electron chi connectivity index (χ2n) is 3.04. The Hall–Kier alpha value is -2.04. The molecule has 1 aromatic carbocycles. The fourth-order valence-electron chi connectivity index (χ4n) is 1.32. The van der Waals surface area contributed by atoms with Crippen molar-refractivity contribution in [3.63, 3.8) is 0 Å². The van der Waals surface area contributed by atoms with E-state index in [0.29, 0.717) is 0 Å². The van der Waals surface area contributed by atoms with Crippen LogP contribution in [0.1, 0.15) is 11.5 Å². The van der Waals surface area contributed by atoms with E-state index in [-0.39, 0.29) is 11.3 Å². The molecule has 0 spiro atoms. The topological polar surface area (TPSA) is 72.8 Å². The van der Waals surface area contributed by atoms with Crippen LogP contribution in [0.2, 0.25) is 0 Å². The van der Waals surface area contributed by atoms with Crippen LogP contribution < -0.4 is 0 Å². The summed E-state index contributed by atoms with van der Waals surface area (Å²) in [5.41, 5.74) is 0.168. The largest absolute Gasteiger partial charge is 0.508 e. The van der Waals surface area contributed by atoms with Gasteiger partial charge >= 0.3 is 11.9 Å². The molecule has 1 aromatic rings. The van der Waals surface area contributed by atoms with E-state index in [1.165, 1.54) is 12.1 Å². The van der Waals surface area contributed by atoms with Crippen LogP contribution in [0.15, 0.2) is 24.3 Å². The number of benzene rings is 1. The summed E-state index contributed by atoms with van der Waals surface area (Å²) >= 11 is 0. The number of phenols is 1. The zero-order valence-corrected chi connectivity index (χ0v) is 8.97. The molecule has 0 aliphatic heterocycles. The number of ether oxygens (including phenoxy) is 2. The summed E-state index contributed by atoms with van der Waals surface area (Å²) in [6.07, 6.45) is 0. The first-order valence-electron chi connectivity index (χ1n) is 4.55. The van der Waals surface area contributed by atoms with Crippen molar-refractivity contribution in [3.05, 3.63) is 29.8 Å². The van der Waals surface area contributed by atoms with Gasteiger partial charge in [-0.3, -0.25) is 9.59 Å². The lowest BCUT2D eigenvalue weighted by Gasteiger charge is -2.13. The van der Waals surface area contributed by atoms with Gasteiger partial charge in [0.05, 0.1) is 14.2 Å². The molecule has 0 amide bonds. The lowest BCUT2D eigenvalue weighted by atomic mass is 9.98. The molecule has 5 heteroatoms. The van der Waals surface area contributed by atoms with E-state index in [1.54, 1.807) is 12.1 Å². The lowest BCUT2D eigenvalue weighted by Crippen LogP contribution is -2.24. The fourth-order valence-corrected chi connectivity index (χ4v) is 1.32. The average Bonchev–Trinajstić information content (AvgIpc) is 2.31. The SMILES string of the molecule is COC(=O)C(C(=O)OC)c1ccccc1O. The normalized spacial score (nSPS) is 9.94. The molecule has 0 radical (unpaired) electrons. The summed E-state index contributed by atoms with van der Waals surface area (Å²) in [4.78, 5) is 22.9. The first-order valence-corrected chi connectivity index (χ1v) is 4.55. The highest BCUT2D eigenvalue weighted by Crippen LogP contribution is 2.27. The number of carbonyl (C=O) groups excluding carboxylic acids is 2. The number of rotatable bonds is 3. The van der Waals surface area contributed by atoms with Crippen LogP contribution in [-0.2, 0) is 19.1 Å². The Kier molecular flexibility index (Phi) is 3.88. The molecular weight excluding hydrogens is 212 g/mol. The van der Waals surface area contributed by atoms with Gasteiger partial charge in [0.25, 0.3) is 0 Å². The molecule has 86 valence electrons. The van der Waals surface area contributed by atoms with E-state index in [2.05, 4.69) is 9.47 Å². The minimum Gasteiger partial charge on any atom is -0.508 e. The van der Waals surface area contributed by atoms with Crippen LogP contribution in [0.25, 0.3) is 0 Å². The van der Waals surface area contributed by atoms with Gasteiger partial charge in [-0.25, -0.2) is 0 Å². The van der Waals surface area contributed by atoms with Gasteiger partial charge in [0.1, 0.15) is 5.75 Å². The average molecular weight is 224 g/mol. The number of esters is 2. The molecular formula is C11H12O5. The monoisotopic (exact) mass is 224 g/mol. The molecule has 0 aromatic heterocycles. The molecule has 0 saturated carbocycles. The Bertz CT molecular complexity index is 383. The number of aromatic hydroxyl groups is 1. The van der Waals surface area contributed by atoms with Gasteiger partial charge in [-0.15, -0.1) is 0 Å². The summed E-state index contributed by atoms with van der Waals surface area (Å²) in [6.45, 7) is 0. The highest BCUT2D eigenvalue weighted by Gasteiger charge is 2.32. The third kappa shape index (κ3) is 2.31. The van der Waals surface area contributed by atoms with E-state index >= 15 is 0 Å². The molecule has 0 fully saturated rings. The molecule has 0 atom stereocenters. The summed E-state index contributed by atoms with van der Waals surface area (Å²) < 4.78 is 8.99. The number of hydrogen-bond donors (Lipinski definition) is 1. The van der Waals surface area contributed by atoms with E-state index in [4.69, 9.17) is 0 Å². The van der Waals surface area contributed by atoms with Crippen molar-refractivity contribution in [1.82, 2.24) is 0 Å². The fraction of sp³-hybridized carbons (Fsp3) is 0.273. The van der Waals surface area contributed by atoms with Crippen molar-refractivity contribution in [1.29, 1.82) is 0 Å². The Balaban J connectivity index is 3.16. The maximum Gasteiger partial charge on any atom is 0.324 e. The van der Waals surface area contributed by atoms with Crippen molar-refractivity contribution in [2.24, 2.45) is 0 Å². The lowest BCUT2D eigenvalue weighted by molar-refractivity contribution is -0.154. The van der Waals surface area contributed by atoms with Gasteiger partial charge in [-0.1, -0.05) is 18.2 Å². The Morgan fingerprint density at radius 3 is 2.06 bits per heavy atom. The van der Waals surface area contributed by atoms with E-state index in [9.17, 15) is 14.7 Å². The summed E-state index contributed by atoms with van der Waals surface area (Å²) in [6, 6.07) is 6.04. The maximum absolute atomic E-state index is 11.4. The van der Waals surface area contributed by atoms with Crippen LogP contribution in [0, 0.1) is 0 Å². The first kappa shape index (κ1) is 12.0. The first-order chi connectivity index (χ1) is 7.61. The number of carbonyl (C=O) groups is 2. The molecule has 16 heavy (non-hydrogen) atoms. The molecule has 0 saturated heterocycles. The smallest absolute Gasteiger partial charge is 0.324 e. The Morgan fingerprint density at radius 1 is 1.12 bits per heavy atom. The molecule has 0 heterocycles. The standard InChI is InChI=1S/C11H12O5/c1-15-10(13)9(11(14)16-2)7-5-3-4-6-8(7)12/h3-6,9,12H,1-2H3. The van der Waals surface area contributed by atoms with Gasteiger partial charge in [0.2, 0.25) is 0 Å². The summed E-state index contributed by atoms with van der Waals surface area (Å²) in [7, 11) is 2.33. The second kappa shape index (κ2) is 5.16. The van der Waals surface area contributed by atoms with Crippen LogP contribution >= 0.6 is 0 Å². The zero-order valence-electron chi connectivity index (χ0n) is 8.97. The highest BCUT2D eigenvalue weighted by molar-refractivity contribution is 6.01. The van der Waals surface area contributed by atoms with Gasteiger partial charge in [-0.05, 0) is 6.07 Å². The predicted molar refractivity (Wildman–Crippen MR) is 54.9 cm³/mol. The Morgan fingerprint density at radius 2 is 1.62 bits per heavy atom. The Labute approximate surface area is 92.6 Å². The molecule has 0 aliphatic rings. The maximum atomic E-state index is 11.4. The van der Waals surface area contributed by atoms with Crippen molar-refractivity contribution in [2.75, 3.05) is 14.2 Å². The van der Waals surface area contributed by atoms with Crippen LogP contribution in [0.5, 0.6) is 5.75 Å². The molecule has 1 rings (SSSR count). The number of hydrogen-bond acceptors (Lipinski definition) is 5. The summed E-state index contributed by atoms with van der Waals surface area (Å²) in [5, 5.41) is 9.55. The number of phenolic OH excluding ortho intramolecular Hbond substituents is 1. The minimum atomic E-state index is -1.25. The molecule has 0 bridgehead atoms. The van der Waals surface area contributed by atoms with Gasteiger partial charge in [0.15, 0.2) is 5.92 Å². The quantitative estimate of drug-likeness (QED) is 0.608. The molecule has 0 aliphatic carbocycles. The molecule has 5 nitrogen and oxygen atoms in total. The van der Waals surface area contributed by atoms with Gasteiger partial charge < -0.3 is 14.6 Å². The van der Waals surface area contributed by atoms with Crippen molar-refractivity contribution in [3.8, 4) is 5.75 Å². The predicted octanol–water partition coefficient (Wildman–Crippen LogP) is 0.822. The van der Waals surface area contributed by atoms with Crippen molar-refractivity contribution in [2.45, 2.75) is 5.92 Å². The third-order valence-electron chi connectivity index (χ3n) is 2.12.